The fraction of sp³-hybridized carbons (Fsp3) is 0.238. The van der Waals surface area contributed by atoms with Gasteiger partial charge in [0.15, 0.2) is 11.5 Å². The van der Waals surface area contributed by atoms with Gasteiger partial charge in [0.25, 0.3) is 0 Å². The first kappa shape index (κ1) is 17.9. The number of hydrogen-bond donors (Lipinski definition) is 2. The Kier molecular flexibility index (Phi) is 5.14. The van der Waals surface area contributed by atoms with E-state index in [4.69, 9.17) is 9.47 Å². The molecule has 2 heterocycles. The Hall–Kier alpha value is -3.48. The summed E-state index contributed by atoms with van der Waals surface area (Å²) in [5.41, 5.74) is 3.06. The first-order valence-electron chi connectivity index (χ1n) is 9.36. The predicted octanol–water partition coefficient (Wildman–Crippen LogP) is 4.54. The molecule has 2 aromatic carbocycles. The van der Waals surface area contributed by atoms with E-state index in [9.17, 15) is 0 Å². The van der Waals surface area contributed by atoms with E-state index in [1.165, 1.54) is 12.0 Å². The maximum atomic E-state index is 5.41. The molecule has 3 aromatic rings. The number of anilines is 5. The fourth-order valence-corrected chi connectivity index (χ4v) is 3.11. The summed E-state index contributed by atoms with van der Waals surface area (Å²) in [5, 5.41) is 6.59. The van der Waals surface area contributed by atoms with Crippen molar-refractivity contribution in [3.63, 3.8) is 0 Å². The zero-order valence-electron chi connectivity index (χ0n) is 16.0. The van der Waals surface area contributed by atoms with Crippen molar-refractivity contribution in [1.82, 2.24) is 9.97 Å². The number of benzene rings is 2. The topological polar surface area (TPSA) is 71.5 Å². The van der Waals surface area contributed by atoms with E-state index < -0.39 is 0 Å². The van der Waals surface area contributed by atoms with E-state index in [0.29, 0.717) is 11.6 Å². The summed E-state index contributed by atoms with van der Waals surface area (Å²) in [6.07, 6.45) is 1.53. The molecule has 0 bridgehead atoms. The van der Waals surface area contributed by atoms with Gasteiger partial charge in [0, 0.05) is 42.3 Å². The van der Waals surface area contributed by atoms with E-state index >= 15 is 0 Å². The molecule has 7 nitrogen and oxygen atoms in total. The highest BCUT2D eigenvalue weighted by molar-refractivity contribution is 5.66. The second-order valence-corrected chi connectivity index (χ2v) is 6.33. The molecule has 0 aliphatic carbocycles. The van der Waals surface area contributed by atoms with Crippen LogP contribution in [0.25, 0.3) is 0 Å². The largest absolute Gasteiger partial charge is 0.454 e. The van der Waals surface area contributed by atoms with Crippen molar-refractivity contribution in [2.24, 2.45) is 0 Å². The molecule has 0 radical (unpaired) electrons. The molecule has 0 saturated heterocycles. The lowest BCUT2D eigenvalue weighted by atomic mass is 10.2. The minimum Gasteiger partial charge on any atom is -0.454 e. The van der Waals surface area contributed by atoms with E-state index in [2.05, 4.69) is 63.6 Å². The molecule has 144 valence electrons. The van der Waals surface area contributed by atoms with Crippen LogP contribution in [0.2, 0.25) is 0 Å². The van der Waals surface area contributed by atoms with Gasteiger partial charge in [-0.15, -0.1) is 0 Å². The summed E-state index contributed by atoms with van der Waals surface area (Å²) in [6, 6.07) is 15.9. The van der Waals surface area contributed by atoms with E-state index in [1.54, 1.807) is 0 Å². The Bertz CT molecular complexity index is 942. The normalized spacial score (nSPS) is 11.9. The van der Waals surface area contributed by atoms with Gasteiger partial charge < -0.3 is 25.0 Å². The van der Waals surface area contributed by atoms with Crippen LogP contribution in [0.1, 0.15) is 13.8 Å². The molecular weight excluding hydrogens is 354 g/mol. The maximum absolute atomic E-state index is 5.41. The smallest absolute Gasteiger partial charge is 0.231 e. The monoisotopic (exact) mass is 377 g/mol. The molecule has 0 saturated carbocycles. The summed E-state index contributed by atoms with van der Waals surface area (Å²) < 4.78 is 10.7. The Morgan fingerprint density at radius 1 is 0.821 bits per heavy atom. The number of ether oxygens (including phenoxy) is 2. The van der Waals surface area contributed by atoms with Gasteiger partial charge in [-0.2, -0.15) is 0 Å². The van der Waals surface area contributed by atoms with Crippen molar-refractivity contribution in [2.45, 2.75) is 13.8 Å². The van der Waals surface area contributed by atoms with Gasteiger partial charge >= 0.3 is 0 Å². The van der Waals surface area contributed by atoms with Gasteiger partial charge in [-0.05, 0) is 50.2 Å². The average Bonchev–Trinajstić information content (AvgIpc) is 3.18. The lowest BCUT2D eigenvalue weighted by Gasteiger charge is -2.21. The van der Waals surface area contributed by atoms with Crippen LogP contribution >= 0.6 is 0 Å². The third kappa shape index (κ3) is 3.93. The molecule has 2 N–H and O–H groups in total. The average molecular weight is 377 g/mol. The highest BCUT2D eigenvalue weighted by Gasteiger charge is 2.13. The van der Waals surface area contributed by atoms with Crippen LogP contribution in [0, 0.1) is 0 Å². The zero-order chi connectivity index (χ0) is 19.3. The first-order chi connectivity index (χ1) is 13.7. The molecule has 0 atom stereocenters. The SMILES string of the molecule is CCN(CC)c1ccc(Nc2cc(Nc3ccc4c(c3)OCO4)ncn2)cc1. The molecule has 1 aliphatic heterocycles. The predicted molar refractivity (Wildman–Crippen MR) is 111 cm³/mol. The van der Waals surface area contributed by atoms with Crippen molar-refractivity contribution in [1.29, 1.82) is 0 Å². The molecule has 1 aliphatic rings. The third-order valence-corrected chi connectivity index (χ3v) is 4.58. The molecule has 28 heavy (non-hydrogen) atoms. The molecule has 7 heteroatoms. The Labute approximate surface area is 164 Å². The number of aromatic nitrogens is 2. The van der Waals surface area contributed by atoms with Crippen molar-refractivity contribution < 1.29 is 9.47 Å². The summed E-state index contributed by atoms with van der Waals surface area (Å²) in [7, 11) is 0. The number of fused-ring (bicyclic) bond motifs is 1. The third-order valence-electron chi connectivity index (χ3n) is 4.58. The van der Waals surface area contributed by atoms with Crippen LogP contribution in [0.15, 0.2) is 54.9 Å². The van der Waals surface area contributed by atoms with Gasteiger partial charge in [0.2, 0.25) is 6.79 Å². The van der Waals surface area contributed by atoms with Crippen LogP contribution in [0.3, 0.4) is 0 Å². The van der Waals surface area contributed by atoms with Crippen LogP contribution in [0.5, 0.6) is 11.5 Å². The van der Waals surface area contributed by atoms with Crippen LogP contribution in [-0.2, 0) is 0 Å². The summed E-state index contributed by atoms with van der Waals surface area (Å²) in [5.74, 6) is 2.89. The first-order valence-corrected chi connectivity index (χ1v) is 9.36. The van der Waals surface area contributed by atoms with Crippen molar-refractivity contribution in [3.05, 3.63) is 54.9 Å². The molecule has 0 amide bonds. The van der Waals surface area contributed by atoms with Gasteiger partial charge in [-0.1, -0.05) is 0 Å². The molecule has 0 unspecified atom stereocenters. The Morgan fingerprint density at radius 2 is 1.46 bits per heavy atom. The van der Waals surface area contributed by atoms with E-state index in [1.807, 2.05) is 24.3 Å². The minimum atomic E-state index is 0.257. The lowest BCUT2D eigenvalue weighted by Crippen LogP contribution is -2.21. The number of rotatable bonds is 7. The second kappa shape index (κ2) is 8.04. The van der Waals surface area contributed by atoms with Gasteiger partial charge in [0.1, 0.15) is 18.0 Å². The quantitative estimate of drug-likeness (QED) is 0.626. The summed E-state index contributed by atoms with van der Waals surface area (Å²) >= 11 is 0. The van der Waals surface area contributed by atoms with Crippen LogP contribution in [-0.4, -0.2) is 29.9 Å². The molecule has 0 fully saturated rings. The lowest BCUT2D eigenvalue weighted by molar-refractivity contribution is 0.174. The highest BCUT2D eigenvalue weighted by Crippen LogP contribution is 2.35. The number of hydrogen-bond acceptors (Lipinski definition) is 7. The Balaban J connectivity index is 1.45. The summed E-state index contributed by atoms with van der Waals surface area (Å²) in [6.45, 7) is 6.55. The molecule has 0 spiro atoms. The number of nitrogens with zero attached hydrogens (tertiary/aromatic N) is 3. The van der Waals surface area contributed by atoms with E-state index in [-0.39, 0.29) is 6.79 Å². The Morgan fingerprint density at radius 3 is 2.18 bits per heavy atom. The van der Waals surface area contributed by atoms with E-state index in [0.717, 1.165) is 36.0 Å². The van der Waals surface area contributed by atoms with Crippen LogP contribution < -0.4 is 25.0 Å². The molecule has 4 rings (SSSR count). The van der Waals surface area contributed by atoms with Gasteiger partial charge in [0.05, 0.1) is 0 Å². The van der Waals surface area contributed by atoms with Crippen LogP contribution in [0.4, 0.5) is 28.7 Å². The van der Waals surface area contributed by atoms with Crippen molar-refractivity contribution in [3.8, 4) is 11.5 Å². The standard InChI is InChI=1S/C21H23N5O2/c1-3-26(4-2)17-8-5-15(6-9-17)24-20-12-21(23-13-22-20)25-16-7-10-18-19(11-16)28-14-27-18/h5-13H,3-4,14H2,1-2H3,(H2,22,23,24,25). The minimum absolute atomic E-state index is 0.257. The van der Waals surface area contributed by atoms with Gasteiger partial charge in [-0.25, -0.2) is 9.97 Å². The number of nitrogens with one attached hydrogen (secondary N) is 2. The summed E-state index contributed by atoms with van der Waals surface area (Å²) in [4.78, 5) is 10.9. The molecular formula is C21H23N5O2. The highest BCUT2D eigenvalue weighted by atomic mass is 16.7. The molecule has 1 aromatic heterocycles. The van der Waals surface area contributed by atoms with Crippen molar-refractivity contribution in [2.75, 3.05) is 35.4 Å². The maximum Gasteiger partial charge on any atom is 0.231 e. The second-order valence-electron chi connectivity index (χ2n) is 6.33. The fourth-order valence-electron chi connectivity index (χ4n) is 3.11. The zero-order valence-corrected chi connectivity index (χ0v) is 16.0. The van der Waals surface area contributed by atoms with Crippen molar-refractivity contribution >= 4 is 28.7 Å². The van der Waals surface area contributed by atoms with Gasteiger partial charge in [-0.3, -0.25) is 0 Å².